The summed E-state index contributed by atoms with van der Waals surface area (Å²) in [6.45, 7) is 0. The minimum Gasteiger partial charge on any atom is -0.306 e. The van der Waals surface area contributed by atoms with E-state index in [2.05, 4.69) is 5.32 Å². The number of primary sulfonamides is 1. The first-order valence-electron chi connectivity index (χ1n) is 4.21. The fourth-order valence-corrected chi connectivity index (χ4v) is 3.04. The maximum Gasteiger partial charge on any atom is 0.333 e. The molecule has 0 bridgehead atoms. The summed E-state index contributed by atoms with van der Waals surface area (Å²) in [6, 6.07) is 2.24. The van der Waals surface area contributed by atoms with Gasteiger partial charge in [-0.05, 0) is 18.2 Å². The summed E-state index contributed by atoms with van der Waals surface area (Å²) >= 11 is 0. The average Bonchev–Trinajstić information content (AvgIpc) is 2.13. The highest BCUT2D eigenvalue weighted by atomic mass is 32.2. The highest BCUT2D eigenvalue weighted by molar-refractivity contribution is 7.90. The van der Waals surface area contributed by atoms with Crippen LogP contribution in [0.4, 0.5) is 10.5 Å². The molecule has 1 aliphatic heterocycles. The van der Waals surface area contributed by atoms with E-state index in [0.717, 1.165) is 18.2 Å². The van der Waals surface area contributed by atoms with Crippen LogP contribution in [-0.2, 0) is 20.0 Å². The van der Waals surface area contributed by atoms with Crippen LogP contribution in [0.15, 0.2) is 28.0 Å². The van der Waals surface area contributed by atoms with E-state index in [9.17, 15) is 21.6 Å². The zero-order chi connectivity index (χ0) is 12.8. The van der Waals surface area contributed by atoms with E-state index in [4.69, 9.17) is 5.14 Å². The fourth-order valence-electron chi connectivity index (χ4n) is 1.33. The summed E-state index contributed by atoms with van der Waals surface area (Å²) in [5.74, 6) is 0. The Morgan fingerprint density at radius 2 is 1.88 bits per heavy atom. The molecule has 0 unspecified atom stereocenters. The summed E-state index contributed by atoms with van der Waals surface area (Å²) in [5.41, 5.74) is 0.00106. The van der Waals surface area contributed by atoms with Gasteiger partial charge in [0.05, 0.1) is 10.6 Å². The molecule has 2 rings (SSSR count). The maximum absolute atomic E-state index is 11.6. The second-order valence-corrected chi connectivity index (χ2v) is 6.47. The molecule has 17 heavy (non-hydrogen) atoms. The Kier molecular flexibility index (Phi) is 2.38. The van der Waals surface area contributed by atoms with Crippen LogP contribution in [-0.4, -0.2) is 22.9 Å². The van der Waals surface area contributed by atoms with Crippen molar-refractivity contribution in [3.63, 3.8) is 0 Å². The SMILES string of the molecule is NS(=O)(=O)c1ccc2c(c1)S(=O)(=O)NC(=O)N2. The number of hydrogen-bond acceptors (Lipinski definition) is 5. The molecule has 0 saturated heterocycles. The number of anilines is 1. The van der Waals surface area contributed by atoms with E-state index >= 15 is 0 Å². The topological polar surface area (TPSA) is 135 Å². The van der Waals surface area contributed by atoms with Gasteiger partial charge in [-0.2, -0.15) is 0 Å². The number of amides is 2. The second kappa shape index (κ2) is 3.42. The van der Waals surface area contributed by atoms with Crippen LogP contribution in [0, 0.1) is 0 Å². The summed E-state index contributed by atoms with van der Waals surface area (Å²) in [6.07, 6.45) is 0. The van der Waals surface area contributed by atoms with Crippen molar-refractivity contribution < 1.29 is 21.6 Å². The number of nitrogens with two attached hydrogens (primary N) is 1. The van der Waals surface area contributed by atoms with E-state index in [0.29, 0.717) is 0 Å². The first-order valence-corrected chi connectivity index (χ1v) is 7.24. The lowest BCUT2D eigenvalue weighted by molar-refractivity contribution is 0.256. The van der Waals surface area contributed by atoms with Gasteiger partial charge in [0, 0.05) is 0 Å². The van der Waals surface area contributed by atoms with Crippen LogP contribution in [0.2, 0.25) is 0 Å². The van der Waals surface area contributed by atoms with Gasteiger partial charge in [0.2, 0.25) is 10.0 Å². The lowest BCUT2D eigenvalue weighted by Crippen LogP contribution is -2.39. The molecule has 1 aliphatic rings. The van der Waals surface area contributed by atoms with Crippen LogP contribution < -0.4 is 15.2 Å². The van der Waals surface area contributed by atoms with Crippen LogP contribution in [0.5, 0.6) is 0 Å². The number of fused-ring (bicyclic) bond motifs is 1. The lowest BCUT2D eigenvalue weighted by Gasteiger charge is -2.18. The highest BCUT2D eigenvalue weighted by Gasteiger charge is 2.28. The van der Waals surface area contributed by atoms with E-state index in [1.54, 1.807) is 4.72 Å². The number of nitrogens with one attached hydrogen (secondary N) is 2. The van der Waals surface area contributed by atoms with E-state index in [1.165, 1.54) is 0 Å². The normalized spacial score (nSPS) is 17.8. The zero-order valence-electron chi connectivity index (χ0n) is 8.17. The zero-order valence-corrected chi connectivity index (χ0v) is 9.80. The minimum absolute atomic E-state index is 0.00106. The summed E-state index contributed by atoms with van der Waals surface area (Å²) in [5, 5.41) is 7.10. The number of hydrogen-bond donors (Lipinski definition) is 3. The molecule has 4 N–H and O–H groups in total. The third-order valence-electron chi connectivity index (χ3n) is 2.05. The van der Waals surface area contributed by atoms with Crippen molar-refractivity contribution >= 4 is 31.8 Å². The third-order valence-corrected chi connectivity index (χ3v) is 4.33. The molecule has 1 aromatic rings. The molecular formula is C7H7N3O5S2. The van der Waals surface area contributed by atoms with E-state index < -0.39 is 26.1 Å². The number of carbonyl (C=O) groups excluding carboxylic acids is 1. The molecule has 0 atom stereocenters. The molecule has 0 saturated carbocycles. The van der Waals surface area contributed by atoms with Gasteiger partial charge >= 0.3 is 6.03 Å². The molecule has 1 aromatic carbocycles. The average molecular weight is 277 g/mol. The standard InChI is InChI=1S/C7H7N3O5S2/c8-16(12,13)4-1-2-5-6(3-4)17(14,15)10-7(11)9-5/h1-3H,(H2,8,12,13)(H2,9,10,11). The molecule has 1 heterocycles. The minimum atomic E-state index is -4.06. The molecule has 0 spiro atoms. The van der Waals surface area contributed by atoms with E-state index in [-0.39, 0.29) is 15.5 Å². The second-order valence-electron chi connectivity index (χ2n) is 3.26. The van der Waals surface area contributed by atoms with Crippen LogP contribution in [0.1, 0.15) is 0 Å². The lowest BCUT2D eigenvalue weighted by atomic mass is 10.3. The third kappa shape index (κ3) is 2.09. The largest absolute Gasteiger partial charge is 0.333 e. The molecule has 0 aliphatic carbocycles. The predicted molar refractivity (Wildman–Crippen MR) is 57.2 cm³/mol. The monoisotopic (exact) mass is 277 g/mol. The molecule has 2 amide bonds. The van der Waals surface area contributed by atoms with Gasteiger partial charge in [-0.3, -0.25) is 0 Å². The maximum atomic E-state index is 11.6. The number of urea groups is 1. The molecule has 92 valence electrons. The van der Waals surface area contributed by atoms with Gasteiger partial charge < -0.3 is 5.32 Å². The Bertz CT molecular complexity index is 707. The Hall–Kier alpha value is -1.65. The number of sulfonamides is 2. The molecule has 8 nitrogen and oxygen atoms in total. The van der Waals surface area contributed by atoms with Crippen molar-refractivity contribution in [2.75, 3.05) is 5.32 Å². The van der Waals surface area contributed by atoms with Crippen molar-refractivity contribution in [2.24, 2.45) is 5.14 Å². The smallest absolute Gasteiger partial charge is 0.306 e. The molecule has 0 aromatic heterocycles. The first kappa shape index (κ1) is 11.8. The van der Waals surface area contributed by atoms with Gasteiger partial charge in [-0.15, -0.1) is 0 Å². The van der Waals surface area contributed by atoms with Crippen molar-refractivity contribution in [3.8, 4) is 0 Å². The fraction of sp³-hybridized carbons (Fsp3) is 0. The quantitative estimate of drug-likeness (QED) is 0.614. The van der Waals surface area contributed by atoms with Gasteiger partial charge in [0.15, 0.2) is 0 Å². The number of benzene rings is 1. The summed E-state index contributed by atoms with van der Waals surface area (Å²) in [4.78, 5) is 10.3. The van der Waals surface area contributed by atoms with Gasteiger partial charge in [-0.1, -0.05) is 0 Å². The Labute approximate surface area is 96.9 Å². The van der Waals surface area contributed by atoms with Crippen LogP contribution in [0.25, 0.3) is 0 Å². The Morgan fingerprint density at radius 3 is 2.47 bits per heavy atom. The van der Waals surface area contributed by atoms with Gasteiger partial charge in [0.25, 0.3) is 10.0 Å². The van der Waals surface area contributed by atoms with Gasteiger partial charge in [0.1, 0.15) is 4.90 Å². The van der Waals surface area contributed by atoms with Crippen molar-refractivity contribution in [3.05, 3.63) is 18.2 Å². The van der Waals surface area contributed by atoms with Crippen molar-refractivity contribution in [1.29, 1.82) is 0 Å². The summed E-state index contributed by atoms with van der Waals surface area (Å²) < 4.78 is 46.9. The molecule has 0 radical (unpaired) electrons. The van der Waals surface area contributed by atoms with Crippen molar-refractivity contribution in [2.45, 2.75) is 9.79 Å². The first-order chi connectivity index (χ1) is 7.70. The van der Waals surface area contributed by atoms with E-state index in [1.807, 2.05) is 0 Å². The van der Waals surface area contributed by atoms with Crippen molar-refractivity contribution in [1.82, 2.24) is 4.72 Å². The van der Waals surface area contributed by atoms with Crippen LogP contribution in [0.3, 0.4) is 0 Å². The molecular weight excluding hydrogens is 270 g/mol. The molecule has 10 heteroatoms. The highest BCUT2D eigenvalue weighted by Crippen LogP contribution is 2.26. The van der Waals surface area contributed by atoms with Crippen LogP contribution >= 0.6 is 0 Å². The van der Waals surface area contributed by atoms with Gasteiger partial charge in [-0.25, -0.2) is 31.5 Å². The molecule has 0 fully saturated rings. The Morgan fingerprint density at radius 1 is 1.24 bits per heavy atom. The predicted octanol–water partition coefficient (Wildman–Crippen LogP) is -0.842. The Balaban J connectivity index is 2.72. The number of carbonyl (C=O) groups is 1. The number of rotatable bonds is 1. The summed E-state index contributed by atoms with van der Waals surface area (Å²) in [7, 11) is -8.06.